The molecule has 0 unspecified atom stereocenters. The molecule has 24 heavy (non-hydrogen) atoms. The van der Waals surface area contributed by atoms with E-state index in [-0.39, 0.29) is 11.2 Å². The van der Waals surface area contributed by atoms with Gasteiger partial charge in [-0.1, -0.05) is 57.8 Å². The van der Waals surface area contributed by atoms with Gasteiger partial charge in [0.2, 0.25) is 0 Å². The second kappa shape index (κ2) is 6.85. The molecule has 0 amide bonds. The van der Waals surface area contributed by atoms with Gasteiger partial charge < -0.3 is 9.84 Å². The first-order valence-corrected chi connectivity index (χ1v) is 8.68. The third-order valence-electron chi connectivity index (χ3n) is 4.03. The van der Waals surface area contributed by atoms with Gasteiger partial charge >= 0.3 is 0 Å². The van der Waals surface area contributed by atoms with Crippen LogP contribution in [0.15, 0.2) is 36.4 Å². The molecule has 4 heteroatoms. The highest BCUT2D eigenvalue weighted by Gasteiger charge is 2.26. The monoisotopic (exact) mass is 366 g/mol. The molecule has 0 atom stereocenters. The zero-order chi connectivity index (χ0) is 18.1. The maximum Gasteiger partial charge on any atom is 0.119 e. The van der Waals surface area contributed by atoms with E-state index >= 15 is 0 Å². The number of benzene rings is 2. The molecular formula is C20H24Cl2O2. The molecule has 0 bridgehead atoms. The van der Waals surface area contributed by atoms with Crippen molar-refractivity contribution in [2.75, 3.05) is 6.61 Å². The third-order valence-corrected chi connectivity index (χ3v) is 4.60. The zero-order valence-electron chi connectivity index (χ0n) is 14.8. The van der Waals surface area contributed by atoms with Crippen LogP contribution in [0.4, 0.5) is 0 Å². The van der Waals surface area contributed by atoms with Crippen LogP contribution in [-0.2, 0) is 10.8 Å². The minimum Gasteiger partial charge on any atom is -0.508 e. The van der Waals surface area contributed by atoms with E-state index in [1.54, 1.807) is 18.2 Å². The first kappa shape index (κ1) is 19.0. The second-order valence-corrected chi connectivity index (χ2v) is 8.57. The Morgan fingerprint density at radius 3 is 2.21 bits per heavy atom. The Morgan fingerprint density at radius 1 is 0.917 bits per heavy atom. The van der Waals surface area contributed by atoms with Crippen molar-refractivity contribution in [1.29, 1.82) is 0 Å². The van der Waals surface area contributed by atoms with Crippen molar-refractivity contribution in [2.45, 2.75) is 45.4 Å². The van der Waals surface area contributed by atoms with Crippen molar-refractivity contribution in [3.05, 3.63) is 57.6 Å². The summed E-state index contributed by atoms with van der Waals surface area (Å²) < 4.78 is 6.00. The van der Waals surface area contributed by atoms with Crippen LogP contribution in [0.5, 0.6) is 11.5 Å². The van der Waals surface area contributed by atoms with Crippen molar-refractivity contribution < 1.29 is 9.84 Å². The van der Waals surface area contributed by atoms with Gasteiger partial charge in [0, 0.05) is 21.0 Å². The molecule has 0 aliphatic heterocycles. The topological polar surface area (TPSA) is 29.5 Å². The number of phenolic OH excluding ortho intramolecular Hbond substituents is 1. The predicted octanol–water partition coefficient (Wildman–Crippen LogP) is 6.35. The summed E-state index contributed by atoms with van der Waals surface area (Å²) >= 11 is 12.4. The molecule has 0 aliphatic carbocycles. The molecule has 2 aromatic carbocycles. The van der Waals surface area contributed by atoms with Gasteiger partial charge in [0.15, 0.2) is 0 Å². The van der Waals surface area contributed by atoms with E-state index in [0.717, 1.165) is 21.9 Å². The number of phenols is 1. The number of hydrogen-bond donors (Lipinski definition) is 1. The lowest BCUT2D eigenvalue weighted by Gasteiger charge is -2.27. The van der Waals surface area contributed by atoms with Crippen molar-refractivity contribution >= 4 is 23.2 Å². The summed E-state index contributed by atoms with van der Waals surface area (Å²) in [7, 11) is 0. The Labute approximate surface area is 154 Å². The van der Waals surface area contributed by atoms with E-state index in [2.05, 4.69) is 20.8 Å². The van der Waals surface area contributed by atoms with Crippen LogP contribution in [0.25, 0.3) is 0 Å². The van der Waals surface area contributed by atoms with Gasteiger partial charge in [0.25, 0.3) is 0 Å². The van der Waals surface area contributed by atoms with Gasteiger partial charge in [0.1, 0.15) is 11.5 Å². The molecule has 0 radical (unpaired) electrons. The molecule has 1 N–H and O–H groups in total. The molecule has 0 spiro atoms. The number of halogens is 2. The Morgan fingerprint density at radius 2 is 1.58 bits per heavy atom. The third kappa shape index (κ3) is 4.37. The molecule has 0 saturated heterocycles. The summed E-state index contributed by atoms with van der Waals surface area (Å²) in [6.07, 6.45) is 0. The number of aromatic hydroxyl groups is 1. The highest BCUT2D eigenvalue weighted by Crippen LogP contribution is 2.35. The SMILES string of the molecule is CC(C)(C)c1cc(OCC(C)(C)c2cc(Cl)ccc2O)ccc1Cl. The predicted molar refractivity (Wildman–Crippen MR) is 102 cm³/mol. The smallest absolute Gasteiger partial charge is 0.119 e. The maximum absolute atomic E-state index is 10.1. The summed E-state index contributed by atoms with van der Waals surface area (Å²) in [6, 6.07) is 10.8. The highest BCUT2D eigenvalue weighted by atomic mass is 35.5. The molecule has 2 nitrogen and oxygen atoms in total. The molecule has 0 fully saturated rings. The van der Waals surface area contributed by atoms with E-state index in [1.165, 1.54) is 0 Å². The van der Waals surface area contributed by atoms with Gasteiger partial charge in [-0.25, -0.2) is 0 Å². The Hall–Kier alpha value is -1.38. The fourth-order valence-electron chi connectivity index (χ4n) is 2.56. The van der Waals surface area contributed by atoms with Crippen LogP contribution in [0, 0.1) is 0 Å². The molecule has 2 aromatic rings. The minimum atomic E-state index is -0.392. The fourth-order valence-corrected chi connectivity index (χ4v) is 3.13. The summed E-state index contributed by atoms with van der Waals surface area (Å²) in [5, 5.41) is 11.5. The zero-order valence-corrected chi connectivity index (χ0v) is 16.3. The first-order chi connectivity index (χ1) is 11.0. The standard InChI is InChI=1S/C20H24Cl2O2/c1-19(2,3)15-11-14(7-8-17(15)22)24-12-20(4,5)16-10-13(21)6-9-18(16)23/h6-11,23H,12H2,1-5H3. The lowest BCUT2D eigenvalue weighted by Crippen LogP contribution is -2.26. The Bertz CT molecular complexity index is 731. The van der Waals surface area contributed by atoms with E-state index in [1.807, 2.05) is 32.0 Å². The van der Waals surface area contributed by atoms with Crippen molar-refractivity contribution in [3.63, 3.8) is 0 Å². The van der Waals surface area contributed by atoms with E-state index < -0.39 is 5.41 Å². The van der Waals surface area contributed by atoms with Gasteiger partial charge in [0.05, 0.1) is 6.61 Å². The van der Waals surface area contributed by atoms with Crippen molar-refractivity contribution in [3.8, 4) is 11.5 Å². The molecule has 130 valence electrons. The van der Waals surface area contributed by atoms with E-state index in [0.29, 0.717) is 11.6 Å². The maximum atomic E-state index is 10.1. The molecule has 0 aliphatic rings. The van der Waals surface area contributed by atoms with E-state index in [9.17, 15) is 5.11 Å². The lowest BCUT2D eigenvalue weighted by molar-refractivity contribution is 0.236. The average Bonchev–Trinajstić information content (AvgIpc) is 2.47. The van der Waals surface area contributed by atoms with Crippen LogP contribution < -0.4 is 4.74 Å². The lowest BCUT2D eigenvalue weighted by atomic mass is 9.84. The van der Waals surface area contributed by atoms with Crippen molar-refractivity contribution in [2.24, 2.45) is 0 Å². The molecule has 0 heterocycles. The van der Waals surface area contributed by atoms with Crippen LogP contribution in [-0.4, -0.2) is 11.7 Å². The first-order valence-electron chi connectivity index (χ1n) is 7.92. The van der Waals surface area contributed by atoms with Gasteiger partial charge in [-0.05, 0) is 47.4 Å². The summed E-state index contributed by atoms with van der Waals surface area (Å²) in [4.78, 5) is 0. The normalized spacial score (nSPS) is 12.3. The van der Waals surface area contributed by atoms with Gasteiger partial charge in [-0.15, -0.1) is 0 Å². The number of hydrogen-bond acceptors (Lipinski definition) is 2. The van der Waals surface area contributed by atoms with Crippen molar-refractivity contribution in [1.82, 2.24) is 0 Å². The Balaban J connectivity index is 2.22. The fraction of sp³-hybridized carbons (Fsp3) is 0.400. The number of ether oxygens (including phenoxy) is 1. The Kier molecular flexibility index (Phi) is 5.41. The van der Waals surface area contributed by atoms with Gasteiger partial charge in [-0.3, -0.25) is 0 Å². The van der Waals surface area contributed by atoms with Crippen LogP contribution >= 0.6 is 23.2 Å². The van der Waals surface area contributed by atoms with Crippen LogP contribution in [0.2, 0.25) is 10.0 Å². The molecule has 0 aromatic heterocycles. The average molecular weight is 367 g/mol. The van der Waals surface area contributed by atoms with Crippen LogP contribution in [0.3, 0.4) is 0 Å². The quantitative estimate of drug-likeness (QED) is 0.682. The summed E-state index contributed by atoms with van der Waals surface area (Å²) in [5.41, 5.74) is 1.36. The summed E-state index contributed by atoms with van der Waals surface area (Å²) in [5.74, 6) is 0.985. The largest absolute Gasteiger partial charge is 0.508 e. The molecule has 0 saturated carbocycles. The molecular weight excluding hydrogens is 343 g/mol. The van der Waals surface area contributed by atoms with E-state index in [4.69, 9.17) is 27.9 Å². The van der Waals surface area contributed by atoms with Crippen LogP contribution in [0.1, 0.15) is 45.7 Å². The summed E-state index contributed by atoms with van der Waals surface area (Å²) in [6.45, 7) is 10.8. The molecule has 2 rings (SSSR count). The number of rotatable bonds is 4. The minimum absolute atomic E-state index is 0.0583. The van der Waals surface area contributed by atoms with Gasteiger partial charge in [-0.2, -0.15) is 0 Å². The second-order valence-electron chi connectivity index (χ2n) is 7.73. The highest BCUT2D eigenvalue weighted by molar-refractivity contribution is 6.31.